The van der Waals surface area contributed by atoms with Gasteiger partial charge in [-0.05, 0) is 31.0 Å². The van der Waals surface area contributed by atoms with Gasteiger partial charge in [0, 0.05) is 18.7 Å². The van der Waals surface area contributed by atoms with Crippen LogP contribution in [0.15, 0.2) is 24.3 Å². The summed E-state index contributed by atoms with van der Waals surface area (Å²) in [6.07, 6.45) is -0.113. The molecule has 1 aromatic rings. The lowest BCUT2D eigenvalue weighted by Gasteiger charge is -2.43. The number of halogens is 2. The third-order valence-corrected chi connectivity index (χ3v) is 4.50. The Morgan fingerprint density at radius 2 is 2.16 bits per heavy atom. The Labute approximate surface area is 144 Å². The van der Waals surface area contributed by atoms with E-state index in [0.717, 1.165) is 0 Å². The Bertz CT molecular complexity index is 639. The van der Waals surface area contributed by atoms with Crippen LogP contribution < -0.4 is 4.74 Å². The molecule has 2 atom stereocenters. The molecule has 0 unspecified atom stereocenters. The summed E-state index contributed by atoms with van der Waals surface area (Å²) in [4.78, 5) is 25.8. The molecule has 0 aliphatic carbocycles. The summed E-state index contributed by atoms with van der Waals surface area (Å²) in [6, 6.07) is 5.37. The van der Waals surface area contributed by atoms with Gasteiger partial charge in [0.2, 0.25) is 0 Å². The highest BCUT2D eigenvalue weighted by Crippen LogP contribution is 2.36. The zero-order valence-electron chi connectivity index (χ0n) is 13.8. The van der Waals surface area contributed by atoms with Gasteiger partial charge in [-0.25, -0.2) is 0 Å². The van der Waals surface area contributed by atoms with Crippen LogP contribution in [0.25, 0.3) is 0 Å². The Morgan fingerprint density at radius 1 is 1.44 bits per heavy atom. The van der Waals surface area contributed by atoms with Crippen LogP contribution in [0, 0.1) is 5.41 Å². The summed E-state index contributed by atoms with van der Waals surface area (Å²) in [7, 11) is 0. The molecule has 1 heterocycles. The first-order chi connectivity index (χ1) is 11.8. The van der Waals surface area contributed by atoms with Gasteiger partial charge in [0.15, 0.2) is 0 Å². The average Bonchev–Trinajstić information content (AvgIpc) is 2.56. The number of aliphatic hydroxyl groups is 1. The number of amides is 1. The molecule has 0 radical (unpaired) electrons. The van der Waals surface area contributed by atoms with Crippen molar-refractivity contribution in [3.63, 3.8) is 0 Å². The van der Waals surface area contributed by atoms with E-state index in [1.165, 1.54) is 29.2 Å². The van der Waals surface area contributed by atoms with Gasteiger partial charge >= 0.3 is 12.6 Å². The molecule has 1 amide bonds. The first-order valence-electron chi connectivity index (χ1n) is 8.05. The van der Waals surface area contributed by atoms with Crippen molar-refractivity contribution in [3.8, 4) is 5.75 Å². The SMILES string of the molecule is CCC[C@@]1(C(=O)O)CN(C(=O)c2cccc(OC(F)F)c2)CC[C@H]1O. The average molecular weight is 357 g/mol. The van der Waals surface area contributed by atoms with E-state index in [0.29, 0.717) is 6.42 Å². The summed E-state index contributed by atoms with van der Waals surface area (Å²) >= 11 is 0. The molecule has 1 saturated heterocycles. The zero-order chi connectivity index (χ0) is 18.6. The van der Waals surface area contributed by atoms with Crippen molar-refractivity contribution in [2.75, 3.05) is 13.1 Å². The molecular formula is C17H21F2NO5. The first kappa shape index (κ1) is 19.1. The Hall–Kier alpha value is -2.22. The highest BCUT2D eigenvalue weighted by Gasteiger charge is 2.49. The molecule has 0 aromatic heterocycles. The molecular weight excluding hydrogens is 336 g/mol. The monoisotopic (exact) mass is 357 g/mol. The smallest absolute Gasteiger partial charge is 0.387 e. The third kappa shape index (κ3) is 4.07. The number of benzene rings is 1. The predicted molar refractivity (Wildman–Crippen MR) is 84.6 cm³/mol. The summed E-state index contributed by atoms with van der Waals surface area (Å²) in [5.41, 5.74) is -1.29. The molecule has 138 valence electrons. The lowest BCUT2D eigenvalue weighted by Crippen LogP contribution is -2.57. The van der Waals surface area contributed by atoms with Crippen LogP contribution in [0.5, 0.6) is 5.75 Å². The second-order valence-electron chi connectivity index (χ2n) is 6.15. The third-order valence-electron chi connectivity index (χ3n) is 4.50. The van der Waals surface area contributed by atoms with E-state index >= 15 is 0 Å². The number of aliphatic carboxylic acids is 1. The number of rotatable bonds is 6. The molecule has 6 nitrogen and oxygen atoms in total. The Morgan fingerprint density at radius 3 is 2.76 bits per heavy atom. The minimum Gasteiger partial charge on any atom is -0.481 e. The lowest BCUT2D eigenvalue weighted by atomic mass is 9.74. The summed E-state index contributed by atoms with van der Waals surface area (Å²) < 4.78 is 28.9. The second-order valence-corrected chi connectivity index (χ2v) is 6.15. The number of likely N-dealkylation sites (tertiary alicyclic amines) is 1. The molecule has 2 N–H and O–H groups in total. The summed E-state index contributed by atoms with van der Waals surface area (Å²) in [5.74, 6) is -1.77. The highest BCUT2D eigenvalue weighted by atomic mass is 19.3. The van der Waals surface area contributed by atoms with Crippen LogP contribution in [-0.2, 0) is 4.79 Å². The number of nitrogens with zero attached hydrogens (tertiary/aromatic N) is 1. The fraction of sp³-hybridized carbons (Fsp3) is 0.529. The van der Waals surface area contributed by atoms with Gasteiger partial charge in [0.25, 0.3) is 5.91 Å². The van der Waals surface area contributed by atoms with Crippen LogP contribution in [0.2, 0.25) is 0 Å². The van der Waals surface area contributed by atoms with Crippen molar-refractivity contribution in [3.05, 3.63) is 29.8 Å². The van der Waals surface area contributed by atoms with Crippen molar-refractivity contribution >= 4 is 11.9 Å². The standard InChI is InChI=1S/C17H21F2NO5/c1-2-7-17(15(23)24)10-20(8-6-13(17)21)14(22)11-4-3-5-12(9-11)25-16(18)19/h3-5,9,13,16,21H,2,6-8,10H2,1H3,(H,23,24)/t13-,17-/m1/s1. The van der Waals surface area contributed by atoms with Crippen LogP contribution in [0.3, 0.4) is 0 Å². The van der Waals surface area contributed by atoms with E-state index in [1.54, 1.807) is 0 Å². The molecule has 2 rings (SSSR count). The molecule has 25 heavy (non-hydrogen) atoms. The van der Waals surface area contributed by atoms with Gasteiger partial charge in [0.05, 0.1) is 6.10 Å². The number of carboxylic acids is 1. The van der Waals surface area contributed by atoms with E-state index in [-0.39, 0.29) is 37.2 Å². The number of hydrogen-bond donors (Lipinski definition) is 2. The van der Waals surface area contributed by atoms with E-state index in [9.17, 15) is 28.6 Å². The fourth-order valence-corrected chi connectivity index (χ4v) is 3.25. The van der Waals surface area contributed by atoms with Gasteiger partial charge in [-0.1, -0.05) is 19.4 Å². The van der Waals surface area contributed by atoms with Crippen molar-refractivity contribution in [2.24, 2.45) is 5.41 Å². The number of alkyl halides is 2. The van der Waals surface area contributed by atoms with Crippen molar-refractivity contribution in [1.29, 1.82) is 0 Å². The van der Waals surface area contributed by atoms with E-state index in [2.05, 4.69) is 4.74 Å². The molecule has 1 aliphatic rings. The van der Waals surface area contributed by atoms with Gasteiger partial charge in [-0.3, -0.25) is 9.59 Å². The Kier molecular flexibility index (Phi) is 5.94. The normalized spacial score (nSPS) is 23.6. The maximum absolute atomic E-state index is 12.7. The van der Waals surface area contributed by atoms with Gasteiger partial charge in [-0.15, -0.1) is 0 Å². The molecule has 8 heteroatoms. The van der Waals surface area contributed by atoms with Crippen molar-refractivity contribution in [1.82, 2.24) is 4.90 Å². The van der Waals surface area contributed by atoms with Crippen molar-refractivity contribution < 1.29 is 33.3 Å². The van der Waals surface area contributed by atoms with E-state index in [1.807, 2.05) is 6.92 Å². The van der Waals surface area contributed by atoms with E-state index in [4.69, 9.17) is 0 Å². The molecule has 0 spiro atoms. The van der Waals surface area contributed by atoms with Gasteiger partial charge < -0.3 is 19.8 Å². The van der Waals surface area contributed by atoms with Crippen LogP contribution >= 0.6 is 0 Å². The van der Waals surface area contributed by atoms with Gasteiger partial charge in [0.1, 0.15) is 11.2 Å². The summed E-state index contributed by atoms with van der Waals surface area (Å²) in [6.45, 7) is -1.13. The number of carboxylic acid groups (broad SMARTS) is 1. The second kappa shape index (κ2) is 7.77. The van der Waals surface area contributed by atoms with Crippen LogP contribution in [-0.4, -0.2) is 52.8 Å². The topological polar surface area (TPSA) is 87.1 Å². The molecule has 0 saturated carbocycles. The zero-order valence-corrected chi connectivity index (χ0v) is 13.8. The number of ether oxygens (including phenoxy) is 1. The fourth-order valence-electron chi connectivity index (χ4n) is 3.25. The maximum Gasteiger partial charge on any atom is 0.387 e. The molecule has 1 fully saturated rings. The predicted octanol–water partition coefficient (Wildman–Crippen LogP) is 2.37. The molecule has 1 aliphatic heterocycles. The van der Waals surface area contributed by atoms with Crippen molar-refractivity contribution in [2.45, 2.75) is 38.9 Å². The quantitative estimate of drug-likeness (QED) is 0.816. The first-order valence-corrected chi connectivity index (χ1v) is 8.05. The molecule has 1 aromatic carbocycles. The number of piperidine rings is 1. The minimum absolute atomic E-state index is 0.129. The van der Waals surface area contributed by atoms with Crippen LogP contribution in [0.1, 0.15) is 36.5 Å². The highest BCUT2D eigenvalue weighted by molar-refractivity contribution is 5.95. The number of carbonyl (C=O) groups excluding carboxylic acids is 1. The Balaban J connectivity index is 2.23. The maximum atomic E-state index is 12.7. The van der Waals surface area contributed by atoms with Crippen LogP contribution in [0.4, 0.5) is 8.78 Å². The van der Waals surface area contributed by atoms with E-state index < -0.39 is 30.0 Å². The van der Waals surface area contributed by atoms with Gasteiger partial charge in [-0.2, -0.15) is 8.78 Å². The number of aliphatic hydroxyl groups excluding tert-OH is 1. The summed E-state index contributed by atoms with van der Waals surface area (Å²) in [5, 5.41) is 19.8. The number of carbonyl (C=O) groups is 2. The largest absolute Gasteiger partial charge is 0.481 e. The number of hydrogen-bond acceptors (Lipinski definition) is 4. The minimum atomic E-state index is -3.00. The lowest BCUT2D eigenvalue weighted by molar-refractivity contribution is -0.162. The molecule has 0 bridgehead atoms.